The standard InChI is InChI=1S/C28H24F2N4O4/c1-15-24(27(36)33(31-15)20-9-5-18(29)6-10-20)26(17-4-13-22(35)23(14-17)38-3)25-16(2)32-34(28(25)37)21-11-7-19(30)8-12-21/h4-14,26,31-32,35H,1-3H3. The summed E-state index contributed by atoms with van der Waals surface area (Å²) in [6.45, 7) is 3.42. The number of H-pyrrole nitrogens is 2. The van der Waals surface area contributed by atoms with Gasteiger partial charge in [0, 0.05) is 17.3 Å². The molecule has 0 unspecified atom stereocenters. The van der Waals surface area contributed by atoms with Crippen LogP contribution in [0.1, 0.15) is 34.0 Å². The summed E-state index contributed by atoms with van der Waals surface area (Å²) in [5.74, 6) is -1.68. The van der Waals surface area contributed by atoms with E-state index in [1.165, 1.54) is 71.1 Å². The normalized spacial score (nSPS) is 11.3. The van der Waals surface area contributed by atoms with Crippen molar-refractivity contribution in [1.29, 1.82) is 0 Å². The molecule has 0 aliphatic carbocycles. The maximum atomic E-state index is 13.8. The predicted molar refractivity (Wildman–Crippen MR) is 138 cm³/mol. The number of nitrogens with zero attached hydrogens (tertiary/aromatic N) is 2. The number of aromatic hydroxyl groups is 1. The zero-order valence-electron chi connectivity index (χ0n) is 20.8. The fourth-order valence-electron chi connectivity index (χ4n) is 4.69. The van der Waals surface area contributed by atoms with Gasteiger partial charge in [0.2, 0.25) is 0 Å². The number of ether oxygens (including phenoxy) is 1. The van der Waals surface area contributed by atoms with E-state index in [0.29, 0.717) is 28.3 Å². The molecular formula is C28H24F2N4O4. The lowest BCUT2D eigenvalue weighted by molar-refractivity contribution is 0.373. The van der Waals surface area contributed by atoms with Crippen molar-refractivity contribution in [3.63, 3.8) is 0 Å². The number of hydrogen-bond acceptors (Lipinski definition) is 4. The van der Waals surface area contributed by atoms with Crippen molar-refractivity contribution in [2.75, 3.05) is 7.11 Å². The van der Waals surface area contributed by atoms with Gasteiger partial charge in [-0.15, -0.1) is 0 Å². The molecule has 3 N–H and O–H groups in total. The van der Waals surface area contributed by atoms with Crippen LogP contribution in [0, 0.1) is 25.5 Å². The number of benzene rings is 3. The van der Waals surface area contributed by atoms with Crippen LogP contribution < -0.4 is 15.9 Å². The molecule has 2 heterocycles. The molecule has 0 saturated carbocycles. The SMILES string of the molecule is COc1cc(C(c2c(C)[nH]n(-c3ccc(F)cc3)c2=O)c2c(C)[nH]n(-c3ccc(F)cc3)c2=O)ccc1O. The monoisotopic (exact) mass is 518 g/mol. The van der Waals surface area contributed by atoms with Crippen LogP contribution in [-0.2, 0) is 0 Å². The van der Waals surface area contributed by atoms with Gasteiger partial charge in [-0.2, -0.15) is 0 Å². The Balaban J connectivity index is 1.77. The molecule has 10 heteroatoms. The van der Waals surface area contributed by atoms with Gasteiger partial charge in [-0.3, -0.25) is 19.8 Å². The molecule has 0 atom stereocenters. The molecule has 0 aliphatic rings. The van der Waals surface area contributed by atoms with Gasteiger partial charge in [0.05, 0.1) is 29.6 Å². The minimum atomic E-state index is -0.875. The second-order valence-electron chi connectivity index (χ2n) is 8.90. The van der Waals surface area contributed by atoms with E-state index in [1.54, 1.807) is 26.0 Å². The van der Waals surface area contributed by atoms with Crippen molar-refractivity contribution < 1.29 is 18.6 Å². The van der Waals surface area contributed by atoms with Crippen LogP contribution in [0.25, 0.3) is 11.4 Å². The zero-order chi connectivity index (χ0) is 27.1. The summed E-state index contributed by atoms with van der Waals surface area (Å²) in [5, 5.41) is 16.3. The number of aromatic amines is 2. The highest BCUT2D eigenvalue weighted by Gasteiger charge is 2.31. The third-order valence-electron chi connectivity index (χ3n) is 6.52. The van der Waals surface area contributed by atoms with Gasteiger partial charge >= 0.3 is 0 Å². The third kappa shape index (κ3) is 4.19. The van der Waals surface area contributed by atoms with Crippen molar-refractivity contribution >= 4 is 0 Å². The van der Waals surface area contributed by atoms with Crippen molar-refractivity contribution in [3.8, 4) is 22.9 Å². The van der Waals surface area contributed by atoms with Crippen molar-refractivity contribution in [1.82, 2.24) is 19.6 Å². The molecular weight excluding hydrogens is 494 g/mol. The van der Waals surface area contributed by atoms with Gasteiger partial charge in [0.15, 0.2) is 11.5 Å². The zero-order valence-corrected chi connectivity index (χ0v) is 20.8. The number of hydrogen-bond donors (Lipinski definition) is 3. The number of rotatable bonds is 6. The van der Waals surface area contributed by atoms with E-state index in [4.69, 9.17) is 4.74 Å². The molecule has 0 bridgehead atoms. The number of aryl methyl sites for hydroxylation is 2. The first-order valence-electron chi connectivity index (χ1n) is 11.7. The lowest BCUT2D eigenvalue weighted by Crippen LogP contribution is -2.25. The summed E-state index contributed by atoms with van der Waals surface area (Å²) in [7, 11) is 1.40. The first kappa shape index (κ1) is 24.8. The summed E-state index contributed by atoms with van der Waals surface area (Å²) in [4.78, 5) is 27.6. The van der Waals surface area contributed by atoms with Crippen LogP contribution in [-0.4, -0.2) is 31.8 Å². The molecule has 0 aliphatic heterocycles. The molecule has 0 radical (unpaired) electrons. The second-order valence-corrected chi connectivity index (χ2v) is 8.90. The largest absolute Gasteiger partial charge is 0.504 e. The van der Waals surface area contributed by atoms with Crippen LogP contribution in [0.4, 0.5) is 8.78 Å². The average molecular weight is 519 g/mol. The van der Waals surface area contributed by atoms with E-state index < -0.39 is 28.7 Å². The Labute approximate surface area is 215 Å². The summed E-state index contributed by atoms with van der Waals surface area (Å²) in [6.07, 6.45) is 0. The van der Waals surface area contributed by atoms with Gasteiger partial charge in [-0.1, -0.05) is 6.07 Å². The van der Waals surface area contributed by atoms with Crippen LogP contribution in [0.15, 0.2) is 76.3 Å². The van der Waals surface area contributed by atoms with Gasteiger partial charge in [0.1, 0.15) is 11.6 Å². The molecule has 194 valence electrons. The minimum absolute atomic E-state index is 0.0981. The number of methoxy groups -OCH3 is 1. The quantitative estimate of drug-likeness (QED) is 0.309. The van der Waals surface area contributed by atoms with Crippen molar-refractivity contribution in [3.05, 3.63) is 127 Å². The highest BCUT2D eigenvalue weighted by Crippen LogP contribution is 2.36. The summed E-state index contributed by atoms with van der Waals surface area (Å²) >= 11 is 0. The van der Waals surface area contributed by atoms with Gasteiger partial charge in [-0.05, 0) is 80.1 Å². The summed E-state index contributed by atoms with van der Waals surface area (Å²) in [5.41, 5.74) is 2.05. The molecule has 5 aromatic rings. The van der Waals surface area contributed by atoms with Crippen LogP contribution in [0.5, 0.6) is 11.5 Å². The second kappa shape index (κ2) is 9.55. The maximum Gasteiger partial charge on any atom is 0.275 e. The van der Waals surface area contributed by atoms with E-state index in [1.807, 2.05) is 0 Å². The summed E-state index contributed by atoms with van der Waals surface area (Å²) in [6, 6.07) is 15.5. The van der Waals surface area contributed by atoms with Crippen molar-refractivity contribution in [2.45, 2.75) is 19.8 Å². The van der Waals surface area contributed by atoms with Crippen molar-refractivity contribution in [2.24, 2.45) is 0 Å². The number of nitrogens with one attached hydrogen (secondary N) is 2. The highest BCUT2D eigenvalue weighted by molar-refractivity contribution is 5.51. The molecule has 2 aromatic heterocycles. The molecule has 5 rings (SSSR count). The first-order chi connectivity index (χ1) is 18.2. The third-order valence-corrected chi connectivity index (χ3v) is 6.52. The molecule has 0 amide bonds. The number of phenols is 1. The average Bonchev–Trinajstić information content (AvgIpc) is 3.36. The fourth-order valence-corrected chi connectivity index (χ4v) is 4.69. The van der Waals surface area contributed by atoms with E-state index in [2.05, 4.69) is 10.2 Å². The van der Waals surface area contributed by atoms with Gasteiger partial charge in [0.25, 0.3) is 11.1 Å². The Bertz CT molecular complexity index is 1640. The summed E-state index contributed by atoms with van der Waals surface area (Å²) < 4.78 is 34.9. The fraction of sp³-hybridized carbons (Fsp3) is 0.143. The minimum Gasteiger partial charge on any atom is -0.504 e. The molecule has 0 spiro atoms. The number of halogens is 2. The Morgan fingerprint density at radius 1 is 0.763 bits per heavy atom. The smallest absolute Gasteiger partial charge is 0.275 e. The van der Waals surface area contributed by atoms with Gasteiger partial charge in [-0.25, -0.2) is 18.1 Å². The number of aromatic nitrogens is 4. The molecule has 0 fully saturated rings. The molecule has 8 nitrogen and oxygen atoms in total. The van der Waals surface area contributed by atoms with E-state index in [9.17, 15) is 23.5 Å². The van der Waals surface area contributed by atoms with E-state index in [-0.39, 0.29) is 22.6 Å². The van der Waals surface area contributed by atoms with E-state index >= 15 is 0 Å². The van der Waals surface area contributed by atoms with Crippen LogP contribution in [0.3, 0.4) is 0 Å². The van der Waals surface area contributed by atoms with Crippen LogP contribution in [0.2, 0.25) is 0 Å². The molecule has 0 saturated heterocycles. The Morgan fingerprint density at radius 2 is 1.21 bits per heavy atom. The lowest BCUT2D eigenvalue weighted by atomic mass is 9.85. The Hall–Kier alpha value is -4.86. The predicted octanol–water partition coefficient (Wildman–Crippen LogP) is 4.43. The molecule has 3 aromatic carbocycles. The first-order valence-corrected chi connectivity index (χ1v) is 11.7. The Kier molecular flexibility index (Phi) is 6.23. The Morgan fingerprint density at radius 3 is 1.63 bits per heavy atom. The van der Waals surface area contributed by atoms with Crippen LogP contribution >= 0.6 is 0 Å². The topological polar surface area (TPSA) is 105 Å². The lowest BCUT2D eigenvalue weighted by Gasteiger charge is -2.17. The highest BCUT2D eigenvalue weighted by atomic mass is 19.1. The maximum absolute atomic E-state index is 13.8. The van der Waals surface area contributed by atoms with E-state index in [0.717, 1.165) is 0 Å². The van der Waals surface area contributed by atoms with Gasteiger partial charge < -0.3 is 9.84 Å². The number of phenolic OH excluding ortho intramolecular Hbond substituents is 1. The molecule has 38 heavy (non-hydrogen) atoms.